The van der Waals surface area contributed by atoms with Crippen LogP contribution in [0.2, 0.25) is 0 Å². The highest BCUT2D eigenvalue weighted by Crippen LogP contribution is 2.38. The van der Waals surface area contributed by atoms with Crippen LogP contribution in [0.15, 0.2) is 36.4 Å². The molecule has 3 aromatic rings. The number of Topliss-reactive ketones (excluding diaryl/α,β-unsaturated/α-hetero) is 4. The zero-order valence-electron chi connectivity index (χ0n) is 18.6. The Bertz CT molecular complexity index is 1290. The number of ketones is 4. The number of phenolic OH excluding ortho intramolecular Hbond substituents is 6. The summed E-state index contributed by atoms with van der Waals surface area (Å²) in [7, 11) is 2.31. The molecule has 0 saturated carbocycles. The van der Waals surface area contributed by atoms with Crippen molar-refractivity contribution in [1.29, 1.82) is 0 Å². The van der Waals surface area contributed by atoms with Crippen molar-refractivity contribution in [1.82, 2.24) is 0 Å². The van der Waals surface area contributed by atoms with Crippen LogP contribution in [0.5, 0.6) is 46.0 Å². The van der Waals surface area contributed by atoms with Crippen LogP contribution >= 0.6 is 0 Å². The lowest BCUT2D eigenvalue weighted by Gasteiger charge is -2.14. The Morgan fingerprint density at radius 2 is 0.806 bits per heavy atom. The van der Waals surface area contributed by atoms with E-state index >= 15 is 0 Å². The number of aromatic hydroxyl groups is 6. The van der Waals surface area contributed by atoms with E-state index in [2.05, 4.69) is 0 Å². The molecule has 0 heterocycles. The number of phenols is 6. The molecule has 0 fully saturated rings. The molecule has 0 saturated heterocycles. The van der Waals surface area contributed by atoms with Crippen LogP contribution < -0.4 is 9.47 Å². The first kappa shape index (κ1) is 25.4. The first-order chi connectivity index (χ1) is 16.9. The molecule has 6 N–H and O–H groups in total. The summed E-state index contributed by atoms with van der Waals surface area (Å²) in [6.07, 6.45) is 0. The smallest absolute Gasteiger partial charge is 0.237 e. The molecule has 0 aromatic heterocycles. The van der Waals surface area contributed by atoms with Crippen LogP contribution in [0, 0.1) is 0 Å². The maximum absolute atomic E-state index is 13.0. The zero-order valence-corrected chi connectivity index (χ0v) is 18.6. The largest absolute Gasteiger partial charge is 0.504 e. The molecule has 12 nitrogen and oxygen atoms in total. The zero-order chi connectivity index (χ0) is 26.9. The molecule has 0 amide bonds. The molecule has 0 aliphatic carbocycles. The van der Waals surface area contributed by atoms with Crippen LogP contribution in [-0.2, 0) is 0 Å². The quantitative estimate of drug-likeness (QED) is 0.150. The van der Waals surface area contributed by atoms with E-state index in [1.54, 1.807) is 0 Å². The molecular weight excluding hydrogens is 480 g/mol. The van der Waals surface area contributed by atoms with E-state index in [4.69, 9.17) is 9.47 Å². The maximum atomic E-state index is 13.0. The van der Waals surface area contributed by atoms with Gasteiger partial charge in [0.2, 0.25) is 23.1 Å². The fourth-order valence-corrected chi connectivity index (χ4v) is 3.23. The Morgan fingerprint density at radius 1 is 0.500 bits per heavy atom. The minimum Gasteiger partial charge on any atom is -0.504 e. The van der Waals surface area contributed by atoms with Gasteiger partial charge in [0.15, 0.2) is 34.5 Å². The van der Waals surface area contributed by atoms with E-state index in [1.807, 2.05) is 0 Å². The molecule has 0 aliphatic heterocycles. The Balaban J connectivity index is 2.10. The predicted molar refractivity (Wildman–Crippen MR) is 120 cm³/mol. The van der Waals surface area contributed by atoms with Crippen molar-refractivity contribution in [3.05, 3.63) is 58.7 Å². The Hall–Kier alpha value is -5.26. The van der Waals surface area contributed by atoms with Gasteiger partial charge in [-0.3, -0.25) is 19.2 Å². The fourth-order valence-electron chi connectivity index (χ4n) is 3.23. The summed E-state index contributed by atoms with van der Waals surface area (Å²) < 4.78 is 10.2. The lowest BCUT2D eigenvalue weighted by molar-refractivity contribution is 0.0809. The maximum Gasteiger partial charge on any atom is 0.237 e. The van der Waals surface area contributed by atoms with E-state index in [-0.39, 0.29) is 11.5 Å². The second-order valence-corrected chi connectivity index (χ2v) is 7.30. The Morgan fingerprint density at radius 3 is 1.08 bits per heavy atom. The van der Waals surface area contributed by atoms with Gasteiger partial charge in [0.05, 0.1) is 25.3 Å². The fraction of sp³-hybridized carbons (Fsp3) is 0.0833. The van der Waals surface area contributed by atoms with Crippen LogP contribution in [0.4, 0.5) is 0 Å². The van der Waals surface area contributed by atoms with Gasteiger partial charge in [-0.2, -0.15) is 0 Å². The molecule has 3 rings (SSSR count). The second kappa shape index (κ2) is 9.54. The third-order valence-corrected chi connectivity index (χ3v) is 5.09. The van der Waals surface area contributed by atoms with Crippen molar-refractivity contribution in [2.45, 2.75) is 0 Å². The summed E-state index contributed by atoms with van der Waals surface area (Å²) in [6, 6.07) is 4.89. The van der Waals surface area contributed by atoms with Gasteiger partial charge < -0.3 is 40.1 Å². The van der Waals surface area contributed by atoms with Crippen LogP contribution in [-0.4, -0.2) is 68.0 Å². The van der Waals surface area contributed by atoms with Gasteiger partial charge in [-0.1, -0.05) is 0 Å². The molecule has 0 bridgehead atoms. The van der Waals surface area contributed by atoms with E-state index in [0.29, 0.717) is 0 Å². The van der Waals surface area contributed by atoms with Gasteiger partial charge in [-0.05, 0) is 30.3 Å². The molecular formula is C24H18O12. The van der Waals surface area contributed by atoms with Crippen LogP contribution in [0.3, 0.4) is 0 Å². The molecule has 0 radical (unpaired) electrons. The Kier molecular flexibility index (Phi) is 6.72. The Labute approximate surface area is 201 Å². The molecule has 0 spiro atoms. The van der Waals surface area contributed by atoms with Crippen LogP contribution in [0.1, 0.15) is 41.4 Å². The summed E-state index contributed by atoms with van der Waals surface area (Å²) in [5.41, 5.74) is -1.96. The standard InChI is InChI=1S/C24H18O12/c1-35-17-8-18(36-2)12(22(32)20(30)10-5-15(27)24(34)16(28)6-10)7-11(17)21(31)19(29)9-3-13(25)23(33)14(26)4-9/h3-8,25-28,33-34H,1-2H3. The summed E-state index contributed by atoms with van der Waals surface area (Å²) in [5, 5.41) is 57.5. The van der Waals surface area contributed by atoms with E-state index in [9.17, 15) is 49.8 Å². The number of carbonyl (C=O) groups excluding carboxylic acids is 4. The average molecular weight is 498 g/mol. The lowest BCUT2D eigenvalue weighted by atomic mass is 9.94. The van der Waals surface area contributed by atoms with Crippen molar-refractivity contribution >= 4 is 23.1 Å². The number of rotatable bonds is 8. The molecule has 0 unspecified atom stereocenters. The highest BCUT2D eigenvalue weighted by atomic mass is 16.5. The van der Waals surface area contributed by atoms with Gasteiger partial charge in [0.1, 0.15) is 11.5 Å². The second-order valence-electron chi connectivity index (χ2n) is 7.30. The first-order valence-electron chi connectivity index (χ1n) is 9.85. The monoisotopic (exact) mass is 498 g/mol. The topological polar surface area (TPSA) is 208 Å². The highest BCUT2D eigenvalue weighted by Gasteiger charge is 2.30. The van der Waals surface area contributed by atoms with Crippen molar-refractivity contribution < 1.29 is 59.3 Å². The third kappa shape index (κ3) is 4.42. The lowest BCUT2D eigenvalue weighted by Crippen LogP contribution is -2.19. The molecule has 3 aromatic carbocycles. The van der Waals surface area contributed by atoms with E-state index in [1.165, 1.54) is 0 Å². The number of methoxy groups -OCH3 is 2. The van der Waals surface area contributed by atoms with Gasteiger partial charge in [-0.15, -0.1) is 0 Å². The van der Waals surface area contributed by atoms with Crippen molar-refractivity contribution in [2.24, 2.45) is 0 Å². The number of ether oxygens (including phenoxy) is 2. The average Bonchev–Trinajstić information content (AvgIpc) is 2.87. The van der Waals surface area contributed by atoms with Crippen LogP contribution in [0.25, 0.3) is 0 Å². The van der Waals surface area contributed by atoms with Gasteiger partial charge in [0, 0.05) is 17.2 Å². The number of carbonyl (C=O) groups is 4. The van der Waals surface area contributed by atoms with Crippen molar-refractivity contribution in [2.75, 3.05) is 14.2 Å². The third-order valence-electron chi connectivity index (χ3n) is 5.09. The molecule has 0 aliphatic rings. The SMILES string of the molecule is COc1cc(OC)c(C(=O)C(=O)c2cc(O)c(O)c(O)c2)cc1C(=O)C(=O)c1cc(O)c(O)c(O)c1. The molecule has 0 atom stereocenters. The summed E-state index contributed by atoms with van der Waals surface area (Å²) in [6.45, 7) is 0. The summed E-state index contributed by atoms with van der Waals surface area (Å²) in [4.78, 5) is 51.5. The van der Waals surface area contributed by atoms with Crippen molar-refractivity contribution in [3.63, 3.8) is 0 Å². The number of hydrogen-bond acceptors (Lipinski definition) is 12. The highest BCUT2D eigenvalue weighted by molar-refractivity contribution is 6.52. The normalized spacial score (nSPS) is 10.5. The van der Waals surface area contributed by atoms with E-state index in [0.717, 1.165) is 50.6 Å². The predicted octanol–water partition coefficient (Wildman–Crippen LogP) is 2.07. The summed E-state index contributed by atoms with van der Waals surface area (Å²) in [5.74, 6) is -10.8. The van der Waals surface area contributed by atoms with Gasteiger partial charge in [0.25, 0.3) is 0 Å². The van der Waals surface area contributed by atoms with Crippen molar-refractivity contribution in [3.8, 4) is 46.0 Å². The number of hydrogen-bond donors (Lipinski definition) is 6. The minimum atomic E-state index is -1.26. The summed E-state index contributed by atoms with van der Waals surface area (Å²) >= 11 is 0. The van der Waals surface area contributed by atoms with E-state index < -0.39 is 79.9 Å². The van der Waals surface area contributed by atoms with Gasteiger partial charge in [-0.25, -0.2) is 0 Å². The minimum absolute atomic E-state index is 0.221. The first-order valence-corrected chi connectivity index (χ1v) is 9.85. The van der Waals surface area contributed by atoms with Gasteiger partial charge >= 0.3 is 0 Å². The molecule has 12 heteroatoms. The molecule has 186 valence electrons. The number of benzene rings is 3. The molecule has 36 heavy (non-hydrogen) atoms.